The summed E-state index contributed by atoms with van der Waals surface area (Å²) in [5, 5.41) is 0. The Kier molecular flexibility index (Phi) is 3.10. The Morgan fingerprint density at radius 1 is 1.28 bits per heavy atom. The summed E-state index contributed by atoms with van der Waals surface area (Å²) in [6, 6.07) is 12.6. The van der Waals surface area contributed by atoms with Crippen LogP contribution >= 0.6 is 11.3 Å². The predicted molar refractivity (Wildman–Crippen MR) is 75.1 cm³/mol. The lowest BCUT2D eigenvalue weighted by molar-refractivity contribution is 0.201. The highest BCUT2D eigenvalue weighted by molar-refractivity contribution is 7.12. The highest BCUT2D eigenvalue weighted by Crippen LogP contribution is 2.34. The van der Waals surface area contributed by atoms with E-state index < -0.39 is 0 Å². The number of thiophene rings is 1. The number of nitrogens with two attached hydrogens (primary N) is 1. The Balaban J connectivity index is 1.79. The maximum Gasteiger partial charge on any atom is 0.122 e. The van der Waals surface area contributed by atoms with Crippen molar-refractivity contribution < 1.29 is 4.74 Å². The van der Waals surface area contributed by atoms with Crippen LogP contribution in [0.5, 0.6) is 5.75 Å². The van der Waals surface area contributed by atoms with E-state index in [4.69, 9.17) is 10.5 Å². The molecule has 18 heavy (non-hydrogen) atoms. The summed E-state index contributed by atoms with van der Waals surface area (Å²) in [4.78, 5) is 2.58. The molecule has 0 saturated heterocycles. The van der Waals surface area contributed by atoms with Crippen LogP contribution in [-0.2, 0) is 6.42 Å². The molecule has 3 rings (SSSR count). The Labute approximate surface area is 111 Å². The SMILES string of the molecule is Cc1ccc(C(N)C2COc3ccccc3C2)s1. The molecule has 1 aromatic carbocycles. The predicted octanol–water partition coefficient (Wildman–Crippen LogP) is 3.31. The van der Waals surface area contributed by atoms with E-state index >= 15 is 0 Å². The van der Waals surface area contributed by atoms with Crippen molar-refractivity contribution >= 4 is 11.3 Å². The summed E-state index contributed by atoms with van der Waals surface area (Å²) < 4.78 is 5.81. The first kappa shape index (κ1) is 11.8. The van der Waals surface area contributed by atoms with Gasteiger partial charge in [-0.2, -0.15) is 0 Å². The van der Waals surface area contributed by atoms with Crippen molar-refractivity contribution in [1.29, 1.82) is 0 Å². The lowest BCUT2D eigenvalue weighted by atomic mass is 9.90. The smallest absolute Gasteiger partial charge is 0.122 e. The van der Waals surface area contributed by atoms with Crippen LogP contribution in [-0.4, -0.2) is 6.61 Å². The Bertz CT molecular complexity index is 549. The molecular formula is C15H17NOS. The minimum Gasteiger partial charge on any atom is -0.493 e. The highest BCUT2D eigenvalue weighted by Gasteiger charge is 2.26. The summed E-state index contributed by atoms with van der Waals surface area (Å²) in [6.07, 6.45) is 1.01. The second-order valence-electron chi connectivity index (χ2n) is 4.86. The van der Waals surface area contributed by atoms with Gasteiger partial charge in [0.1, 0.15) is 5.75 Å². The van der Waals surface area contributed by atoms with Crippen molar-refractivity contribution in [2.24, 2.45) is 11.7 Å². The van der Waals surface area contributed by atoms with Crippen LogP contribution in [0.4, 0.5) is 0 Å². The maximum atomic E-state index is 6.37. The molecule has 2 unspecified atom stereocenters. The van der Waals surface area contributed by atoms with Crippen molar-refractivity contribution in [3.8, 4) is 5.75 Å². The van der Waals surface area contributed by atoms with Gasteiger partial charge in [-0.25, -0.2) is 0 Å². The molecule has 0 amide bonds. The van der Waals surface area contributed by atoms with Gasteiger partial charge in [0, 0.05) is 21.7 Å². The molecule has 2 aromatic rings. The maximum absolute atomic E-state index is 6.37. The molecule has 0 bridgehead atoms. The van der Waals surface area contributed by atoms with Gasteiger partial charge in [-0.3, -0.25) is 0 Å². The van der Waals surface area contributed by atoms with Gasteiger partial charge in [0.2, 0.25) is 0 Å². The summed E-state index contributed by atoms with van der Waals surface area (Å²) in [5.41, 5.74) is 7.65. The molecule has 2 N–H and O–H groups in total. The standard InChI is InChI=1S/C15H17NOS/c1-10-6-7-14(18-10)15(16)12-8-11-4-2-3-5-13(11)17-9-12/h2-7,12,15H,8-9,16H2,1H3. The zero-order valence-electron chi connectivity index (χ0n) is 10.4. The van der Waals surface area contributed by atoms with Gasteiger partial charge in [-0.15, -0.1) is 11.3 Å². The molecule has 2 atom stereocenters. The average Bonchev–Trinajstić information content (AvgIpc) is 2.84. The van der Waals surface area contributed by atoms with E-state index in [1.807, 2.05) is 12.1 Å². The first-order valence-corrected chi connectivity index (χ1v) is 7.08. The number of rotatable bonds is 2. The number of hydrogen-bond acceptors (Lipinski definition) is 3. The second kappa shape index (κ2) is 4.75. The zero-order chi connectivity index (χ0) is 12.5. The van der Waals surface area contributed by atoms with Gasteiger partial charge in [-0.05, 0) is 37.1 Å². The van der Waals surface area contributed by atoms with Gasteiger partial charge >= 0.3 is 0 Å². The second-order valence-corrected chi connectivity index (χ2v) is 6.18. The molecule has 1 aromatic heterocycles. The Morgan fingerprint density at radius 2 is 2.11 bits per heavy atom. The molecule has 0 fully saturated rings. The molecule has 2 nitrogen and oxygen atoms in total. The molecule has 0 radical (unpaired) electrons. The monoisotopic (exact) mass is 259 g/mol. The van der Waals surface area contributed by atoms with Gasteiger partial charge < -0.3 is 10.5 Å². The van der Waals surface area contributed by atoms with Crippen LogP contribution in [0.3, 0.4) is 0 Å². The van der Waals surface area contributed by atoms with Crippen LogP contribution < -0.4 is 10.5 Å². The summed E-state index contributed by atoms with van der Waals surface area (Å²) in [6.45, 7) is 2.84. The molecule has 2 heterocycles. The largest absolute Gasteiger partial charge is 0.493 e. The lowest BCUT2D eigenvalue weighted by Crippen LogP contribution is -2.30. The van der Waals surface area contributed by atoms with Gasteiger partial charge in [0.05, 0.1) is 6.61 Å². The molecule has 0 saturated carbocycles. The van der Waals surface area contributed by atoms with Crippen molar-refractivity contribution in [2.45, 2.75) is 19.4 Å². The number of fused-ring (bicyclic) bond motifs is 1. The first-order valence-electron chi connectivity index (χ1n) is 6.26. The van der Waals surface area contributed by atoms with Crippen LogP contribution in [0, 0.1) is 12.8 Å². The van der Waals surface area contributed by atoms with Crippen molar-refractivity contribution in [1.82, 2.24) is 0 Å². The number of para-hydroxylation sites is 1. The number of benzene rings is 1. The Morgan fingerprint density at radius 3 is 2.89 bits per heavy atom. The fourth-order valence-corrected chi connectivity index (χ4v) is 3.42. The van der Waals surface area contributed by atoms with Crippen LogP contribution in [0.1, 0.15) is 21.4 Å². The van der Waals surface area contributed by atoms with Crippen LogP contribution in [0.15, 0.2) is 36.4 Å². The fourth-order valence-electron chi connectivity index (χ4n) is 2.45. The quantitative estimate of drug-likeness (QED) is 0.898. The molecule has 1 aliphatic rings. The number of hydrogen-bond donors (Lipinski definition) is 1. The van der Waals surface area contributed by atoms with E-state index in [2.05, 4.69) is 31.2 Å². The third kappa shape index (κ3) is 2.16. The van der Waals surface area contributed by atoms with E-state index in [-0.39, 0.29) is 6.04 Å². The van der Waals surface area contributed by atoms with Gasteiger partial charge in [0.15, 0.2) is 0 Å². The molecule has 0 spiro atoms. The molecular weight excluding hydrogens is 242 g/mol. The highest BCUT2D eigenvalue weighted by atomic mass is 32.1. The number of ether oxygens (including phenoxy) is 1. The first-order chi connectivity index (χ1) is 8.74. The van der Waals surface area contributed by atoms with Crippen LogP contribution in [0.2, 0.25) is 0 Å². The van der Waals surface area contributed by atoms with E-state index in [0.717, 1.165) is 18.8 Å². The number of aryl methyl sites for hydroxylation is 1. The third-order valence-electron chi connectivity index (χ3n) is 3.51. The molecule has 94 valence electrons. The minimum absolute atomic E-state index is 0.0806. The van der Waals surface area contributed by atoms with Gasteiger partial charge in [0.25, 0.3) is 0 Å². The Hall–Kier alpha value is -1.32. The fraction of sp³-hybridized carbons (Fsp3) is 0.333. The topological polar surface area (TPSA) is 35.2 Å². The van der Waals surface area contributed by atoms with Crippen molar-refractivity contribution in [2.75, 3.05) is 6.61 Å². The summed E-state index contributed by atoms with van der Waals surface area (Å²) in [7, 11) is 0. The average molecular weight is 259 g/mol. The van der Waals surface area contributed by atoms with Crippen molar-refractivity contribution in [3.05, 3.63) is 51.7 Å². The summed E-state index contributed by atoms with van der Waals surface area (Å²) >= 11 is 1.79. The van der Waals surface area contributed by atoms with E-state index in [9.17, 15) is 0 Å². The molecule has 3 heteroatoms. The van der Waals surface area contributed by atoms with Crippen molar-refractivity contribution in [3.63, 3.8) is 0 Å². The molecule has 0 aliphatic carbocycles. The lowest BCUT2D eigenvalue weighted by Gasteiger charge is -2.29. The van der Waals surface area contributed by atoms with Gasteiger partial charge in [-0.1, -0.05) is 18.2 Å². The third-order valence-corrected chi connectivity index (χ3v) is 4.61. The minimum atomic E-state index is 0.0806. The van der Waals surface area contributed by atoms with E-state index in [1.165, 1.54) is 15.3 Å². The zero-order valence-corrected chi connectivity index (χ0v) is 11.2. The summed E-state index contributed by atoms with van der Waals surface area (Å²) in [5.74, 6) is 1.39. The normalized spacial score (nSPS) is 20.0. The van der Waals surface area contributed by atoms with Crippen LogP contribution in [0.25, 0.3) is 0 Å². The van der Waals surface area contributed by atoms with E-state index in [1.54, 1.807) is 11.3 Å². The van der Waals surface area contributed by atoms with E-state index in [0.29, 0.717) is 5.92 Å². The molecule has 1 aliphatic heterocycles.